The number of hydrogen-bond acceptors (Lipinski definition) is 4. The number of hydrogen-bond donors (Lipinski definition) is 2. The number of carbonyl (C=O) groups is 4. The second-order valence-corrected chi connectivity index (χ2v) is 5.13. The molecule has 2 N–H and O–H groups in total. The molecule has 0 aromatic heterocycles. The van der Waals surface area contributed by atoms with Gasteiger partial charge >= 0.3 is 11.9 Å². The van der Waals surface area contributed by atoms with E-state index in [9.17, 15) is 19.2 Å². The fourth-order valence-electron chi connectivity index (χ4n) is 2.74. The minimum Gasteiger partial charge on any atom is -0.478 e. The van der Waals surface area contributed by atoms with Gasteiger partial charge in [-0.25, -0.2) is 9.59 Å². The van der Waals surface area contributed by atoms with E-state index in [0.29, 0.717) is 5.56 Å². The number of rotatable bonds is 3. The van der Waals surface area contributed by atoms with Crippen molar-refractivity contribution in [2.75, 3.05) is 0 Å². The van der Waals surface area contributed by atoms with Crippen molar-refractivity contribution in [3.05, 3.63) is 70.3 Å². The van der Waals surface area contributed by atoms with Crippen LogP contribution >= 0.6 is 0 Å². The van der Waals surface area contributed by atoms with Crippen molar-refractivity contribution >= 4 is 23.5 Å². The summed E-state index contributed by atoms with van der Waals surface area (Å²) in [4.78, 5) is 47.4. The summed E-state index contributed by atoms with van der Waals surface area (Å²) in [7, 11) is 0. The van der Waals surface area contributed by atoms with Crippen LogP contribution in [-0.4, -0.2) is 33.7 Å². The zero-order valence-corrected chi connectivity index (χ0v) is 11.6. The van der Waals surface area contributed by atoms with Crippen LogP contribution in [-0.2, 0) is 0 Å². The monoisotopic (exact) mass is 310 g/mol. The Labute approximate surface area is 130 Å². The van der Waals surface area contributed by atoms with E-state index in [-0.39, 0.29) is 11.1 Å². The molecule has 3 rings (SSSR count). The van der Waals surface area contributed by atoms with Gasteiger partial charge in [0.05, 0.1) is 11.1 Å². The fourth-order valence-corrected chi connectivity index (χ4v) is 2.74. The Morgan fingerprint density at radius 3 is 1.61 bits per heavy atom. The molecule has 6 heteroatoms. The summed E-state index contributed by atoms with van der Waals surface area (Å²) in [5, 5.41) is 18.2. The molecule has 0 unspecified atom stereocenters. The smallest absolute Gasteiger partial charge is 0.336 e. The molecule has 0 aliphatic heterocycles. The minimum absolute atomic E-state index is 0.0498. The van der Waals surface area contributed by atoms with Gasteiger partial charge in [0.25, 0.3) is 0 Å². The lowest BCUT2D eigenvalue weighted by Crippen LogP contribution is -2.12. The van der Waals surface area contributed by atoms with Crippen LogP contribution in [0.2, 0.25) is 0 Å². The Morgan fingerprint density at radius 2 is 1.22 bits per heavy atom. The maximum atomic E-state index is 12.5. The van der Waals surface area contributed by atoms with Crippen molar-refractivity contribution in [2.24, 2.45) is 0 Å². The topological polar surface area (TPSA) is 109 Å². The predicted molar refractivity (Wildman–Crippen MR) is 78.2 cm³/mol. The molecule has 0 fully saturated rings. The van der Waals surface area contributed by atoms with Gasteiger partial charge in [-0.1, -0.05) is 30.3 Å². The van der Waals surface area contributed by atoms with Crippen molar-refractivity contribution < 1.29 is 29.4 Å². The van der Waals surface area contributed by atoms with Gasteiger partial charge < -0.3 is 10.2 Å². The quantitative estimate of drug-likeness (QED) is 0.842. The normalized spacial score (nSPS) is 13.9. The molecule has 2 aromatic rings. The van der Waals surface area contributed by atoms with Gasteiger partial charge in [0.2, 0.25) is 0 Å². The van der Waals surface area contributed by atoms with E-state index in [1.807, 2.05) is 0 Å². The summed E-state index contributed by atoms with van der Waals surface area (Å²) in [6.07, 6.45) is 0. The van der Waals surface area contributed by atoms with Crippen molar-refractivity contribution in [3.8, 4) is 0 Å². The van der Waals surface area contributed by atoms with Crippen molar-refractivity contribution in [1.29, 1.82) is 0 Å². The first-order chi connectivity index (χ1) is 10.9. The maximum absolute atomic E-state index is 12.5. The van der Waals surface area contributed by atoms with Crippen LogP contribution in [0.15, 0.2) is 42.5 Å². The van der Waals surface area contributed by atoms with E-state index in [1.165, 1.54) is 0 Å². The average molecular weight is 310 g/mol. The Hall–Kier alpha value is -3.28. The molecule has 1 aliphatic carbocycles. The Bertz CT molecular complexity index is 813. The third-order valence-corrected chi connectivity index (χ3v) is 3.81. The highest BCUT2D eigenvalue weighted by Crippen LogP contribution is 2.35. The second kappa shape index (κ2) is 5.17. The molecule has 1 aliphatic rings. The lowest BCUT2D eigenvalue weighted by atomic mass is 9.94. The number of Topliss-reactive ketones (excluding diaryl/α,β-unsaturated/α-hetero) is 2. The Balaban J connectivity index is 2.19. The number of carbonyl (C=O) groups excluding carboxylic acids is 2. The zero-order chi connectivity index (χ0) is 16.7. The van der Waals surface area contributed by atoms with Crippen molar-refractivity contribution in [3.63, 3.8) is 0 Å². The molecule has 0 heterocycles. The molecule has 23 heavy (non-hydrogen) atoms. The summed E-state index contributed by atoms with van der Waals surface area (Å²) in [5.41, 5.74) is -0.623. The van der Waals surface area contributed by atoms with Crippen LogP contribution < -0.4 is 0 Å². The van der Waals surface area contributed by atoms with Gasteiger partial charge in [-0.15, -0.1) is 0 Å². The predicted octanol–water partition coefficient (Wildman–Crippen LogP) is 2.25. The highest BCUT2D eigenvalue weighted by Gasteiger charge is 2.41. The summed E-state index contributed by atoms with van der Waals surface area (Å²) in [6.45, 7) is 0. The van der Waals surface area contributed by atoms with Gasteiger partial charge in [-0.3, -0.25) is 9.59 Å². The first-order valence-corrected chi connectivity index (χ1v) is 6.70. The first-order valence-electron chi connectivity index (χ1n) is 6.70. The zero-order valence-electron chi connectivity index (χ0n) is 11.6. The molecule has 0 saturated heterocycles. The fraction of sp³-hybridized carbons (Fsp3) is 0.0588. The molecule has 0 amide bonds. The second-order valence-electron chi connectivity index (χ2n) is 5.13. The summed E-state index contributed by atoms with van der Waals surface area (Å²) >= 11 is 0. The third-order valence-electron chi connectivity index (χ3n) is 3.81. The van der Waals surface area contributed by atoms with Gasteiger partial charge in [-0.05, 0) is 17.7 Å². The number of carboxylic acids is 2. The number of fused-ring (bicyclic) bond motifs is 1. The highest BCUT2D eigenvalue weighted by molar-refractivity contribution is 6.30. The van der Waals surface area contributed by atoms with Crippen LogP contribution in [0.25, 0.3) is 0 Å². The van der Waals surface area contributed by atoms with Crippen LogP contribution in [0.4, 0.5) is 0 Å². The van der Waals surface area contributed by atoms with E-state index >= 15 is 0 Å². The summed E-state index contributed by atoms with van der Waals surface area (Å²) in [6, 6.07) is 10.3. The van der Waals surface area contributed by atoms with Crippen molar-refractivity contribution in [2.45, 2.75) is 5.92 Å². The average Bonchev–Trinajstić information content (AvgIpc) is 2.78. The van der Waals surface area contributed by atoms with Gasteiger partial charge in [-0.2, -0.15) is 0 Å². The lowest BCUT2D eigenvalue weighted by molar-refractivity contribution is 0.0651. The summed E-state index contributed by atoms with van der Waals surface area (Å²) in [5.74, 6) is -5.02. The number of benzene rings is 2. The van der Waals surface area contributed by atoms with Crippen LogP contribution in [0.5, 0.6) is 0 Å². The Morgan fingerprint density at radius 1 is 0.783 bits per heavy atom. The molecule has 0 spiro atoms. The molecule has 0 bridgehead atoms. The van der Waals surface area contributed by atoms with Gasteiger partial charge in [0, 0.05) is 11.1 Å². The molecular formula is C17H10O6. The van der Waals surface area contributed by atoms with Gasteiger partial charge in [0.1, 0.15) is 5.92 Å². The number of ketones is 2. The molecule has 2 aromatic carbocycles. The minimum atomic E-state index is -1.46. The molecule has 114 valence electrons. The SMILES string of the molecule is O=C(O)c1cc2c(cc1C(=O)O)C(=O)C(c1ccccc1)C2=O. The molecule has 0 atom stereocenters. The maximum Gasteiger partial charge on any atom is 0.336 e. The van der Waals surface area contributed by atoms with E-state index in [1.54, 1.807) is 30.3 Å². The van der Waals surface area contributed by atoms with E-state index < -0.39 is 40.5 Å². The molecule has 6 nitrogen and oxygen atoms in total. The van der Waals surface area contributed by atoms with E-state index in [2.05, 4.69) is 0 Å². The van der Waals surface area contributed by atoms with Crippen molar-refractivity contribution in [1.82, 2.24) is 0 Å². The van der Waals surface area contributed by atoms with E-state index in [4.69, 9.17) is 10.2 Å². The molecule has 0 saturated carbocycles. The van der Waals surface area contributed by atoms with Gasteiger partial charge in [0.15, 0.2) is 11.6 Å². The number of carboxylic acid groups (broad SMARTS) is 2. The Kier molecular flexibility index (Phi) is 3.29. The van der Waals surface area contributed by atoms with Crippen LogP contribution in [0, 0.1) is 0 Å². The van der Waals surface area contributed by atoms with Crippen LogP contribution in [0.3, 0.4) is 0 Å². The lowest BCUT2D eigenvalue weighted by Gasteiger charge is -2.06. The molecule has 0 radical (unpaired) electrons. The first kappa shape index (κ1) is 14.6. The largest absolute Gasteiger partial charge is 0.478 e. The molecular weight excluding hydrogens is 300 g/mol. The van der Waals surface area contributed by atoms with E-state index in [0.717, 1.165) is 12.1 Å². The summed E-state index contributed by atoms with van der Waals surface area (Å²) < 4.78 is 0. The highest BCUT2D eigenvalue weighted by atomic mass is 16.4. The van der Waals surface area contributed by atoms with Crippen LogP contribution in [0.1, 0.15) is 52.9 Å². The standard InChI is InChI=1S/C17H10O6/c18-14-9-6-11(16(20)21)12(17(22)23)7-10(9)15(19)13(14)8-4-2-1-3-5-8/h1-7,13H,(H,20,21)(H,22,23). The number of aromatic carboxylic acids is 2. The third kappa shape index (κ3) is 2.20.